The van der Waals surface area contributed by atoms with Crippen LogP contribution in [0, 0.1) is 5.92 Å². The normalized spacial score (nSPS) is 19.8. The predicted octanol–water partition coefficient (Wildman–Crippen LogP) is 4.15. The topological polar surface area (TPSA) is 73.9 Å². The van der Waals surface area contributed by atoms with Crippen molar-refractivity contribution >= 4 is 30.1 Å². The summed E-state index contributed by atoms with van der Waals surface area (Å²) in [5.41, 5.74) is 1.79. The smallest absolute Gasteiger partial charge is 0.322 e. The minimum absolute atomic E-state index is 0.239. The summed E-state index contributed by atoms with van der Waals surface area (Å²) in [5, 5.41) is 3.99. The summed E-state index contributed by atoms with van der Waals surface area (Å²) in [7, 11) is 1.43. The van der Waals surface area contributed by atoms with Crippen LogP contribution >= 0.6 is 11.6 Å². The van der Waals surface area contributed by atoms with Crippen molar-refractivity contribution in [3.8, 4) is 5.75 Å². The first-order valence-corrected chi connectivity index (χ1v) is 11.0. The molecular weight excluding hydrogens is 406 g/mol. The Labute approximate surface area is 182 Å². The van der Waals surface area contributed by atoms with Crippen molar-refractivity contribution in [1.29, 1.82) is 0 Å². The first kappa shape index (κ1) is 22.6. The molecule has 1 heterocycles. The van der Waals surface area contributed by atoms with E-state index in [1.165, 1.54) is 26.4 Å². The maximum atomic E-state index is 12.4. The highest BCUT2D eigenvalue weighted by atomic mass is 35.5. The van der Waals surface area contributed by atoms with E-state index < -0.39 is 0 Å². The summed E-state index contributed by atoms with van der Waals surface area (Å²) in [4.78, 5) is 22.9. The zero-order valence-corrected chi connectivity index (χ0v) is 18.2. The van der Waals surface area contributed by atoms with Crippen LogP contribution in [-0.4, -0.2) is 44.8 Å². The van der Waals surface area contributed by atoms with E-state index in [0.717, 1.165) is 30.4 Å². The molecule has 1 saturated carbocycles. The highest BCUT2D eigenvalue weighted by Gasteiger charge is 2.28. The molecule has 0 bridgehead atoms. The van der Waals surface area contributed by atoms with Gasteiger partial charge >= 0.3 is 5.97 Å². The molecule has 7 heteroatoms. The third-order valence-electron chi connectivity index (χ3n) is 5.92. The van der Waals surface area contributed by atoms with Crippen LogP contribution in [0.2, 0.25) is 5.02 Å². The molecule has 0 aromatic heterocycles. The van der Waals surface area contributed by atoms with Crippen molar-refractivity contribution in [2.75, 3.05) is 20.3 Å². The molecule has 2 atom stereocenters. The quantitative estimate of drug-likeness (QED) is 0.338. The fourth-order valence-corrected chi connectivity index (χ4v) is 4.52. The second-order valence-corrected chi connectivity index (χ2v) is 8.34. The zero-order chi connectivity index (χ0) is 21.3. The number of carbonyl (C=O) groups is 2. The van der Waals surface area contributed by atoms with Gasteiger partial charge in [-0.1, -0.05) is 49.8 Å². The van der Waals surface area contributed by atoms with Crippen molar-refractivity contribution in [2.45, 2.75) is 57.1 Å². The van der Waals surface area contributed by atoms with Gasteiger partial charge in [0, 0.05) is 18.5 Å². The molecule has 1 aliphatic heterocycles. The van der Waals surface area contributed by atoms with E-state index in [9.17, 15) is 9.59 Å². The lowest BCUT2D eigenvalue weighted by atomic mass is 9.84. The van der Waals surface area contributed by atoms with E-state index in [0.29, 0.717) is 36.1 Å². The number of halogens is 1. The van der Waals surface area contributed by atoms with Gasteiger partial charge in [-0.3, -0.25) is 9.59 Å². The third-order valence-corrected chi connectivity index (χ3v) is 6.25. The summed E-state index contributed by atoms with van der Waals surface area (Å²) in [6, 6.07) is 5.17. The van der Waals surface area contributed by atoms with E-state index in [1.54, 1.807) is 0 Å². The van der Waals surface area contributed by atoms with Gasteiger partial charge < -0.3 is 19.5 Å². The molecule has 1 aliphatic carbocycles. The first-order valence-electron chi connectivity index (χ1n) is 10.6. The van der Waals surface area contributed by atoms with Gasteiger partial charge in [-0.2, -0.15) is 0 Å². The van der Waals surface area contributed by atoms with Gasteiger partial charge in [-0.25, -0.2) is 0 Å². The molecule has 6 nitrogen and oxygen atoms in total. The van der Waals surface area contributed by atoms with Crippen LogP contribution in [0.25, 0.3) is 6.08 Å². The van der Waals surface area contributed by atoms with Gasteiger partial charge in [0.25, 0.3) is 6.47 Å². The SMILES string of the molecule is COC(=O)[C@H](CC1CCCCC1)NCC1=Cc2c(Cl)cccc2OC1CCOC=O. The van der Waals surface area contributed by atoms with Crippen LogP contribution in [-0.2, 0) is 19.1 Å². The summed E-state index contributed by atoms with van der Waals surface area (Å²) >= 11 is 6.36. The Morgan fingerprint density at radius 1 is 1.33 bits per heavy atom. The lowest BCUT2D eigenvalue weighted by Gasteiger charge is -2.30. The molecule has 1 aromatic carbocycles. The van der Waals surface area contributed by atoms with E-state index in [-0.39, 0.29) is 24.7 Å². The standard InChI is InChI=1S/C23H30ClNO5/c1-28-23(27)20(12-16-6-3-2-4-7-16)25-14-17-13-18-19(24)8-5-9-22(18)30-21(17)10-11-29-15-26/h5,8-9,13,15-16,20-21,25H,2-4,6-7,10-12,14H2,1H3/t20-,21?/m0/s1. The number of hydrogen-bond acceptors (Lipinski definition) is 6. The van der Waals surface area contributed by atoms with Crippen molar-refractivity contribution < 1.29 is 23.8 Å². The van der Waals surface area contributed by atoms with E-state index in [1.807, 2.05) is 24.3 Å². The van der Waals surface area contributed by atoms with E-state index in [4.69, 9.17) is 25.8 Å². The average molecular weight is 436 g/mol. The monoisotopic (exact) mass is 435 g/mol. The maximum absolute atomic E-state index is 12.4. The Balaban J connectivity index is 1.72. The second-order valence-electron chi connectivity index (χ2n) is 7.93. The fourth-order valence-electron chi connectivity index (χ4n) is 4.30. The van der Waals surface area contributed by atoms with Crippen molar-refractivity contribution in [3.63, 3.8) is 0 Å². The Kier molecular flexibility index (Phi) is 8.58. The molecular formula is C23H30ClNO5. The Morgan fingerprint density at radius 2 is 2.13 bits per heavy atom. The number of carbonyl (C=O) groups excluding carboxylic acids is 2. The summed E-state index contributed by atoms with van der Waals surface area (Å²) in [5.74, 6) is 1.00. The van der Waals surface area contributed by atoms with Crippen LogP contribution < -0.4 is 10.1 Å². The molecule has 1 unspecified atom stereocenters. The summed E-state index contributed by atoms with van der Waals surface area (Å²) in [6.45, 7) is 1.15. The molecule has 1 fully saturated rings. The lowest BCUT2D eigenvalue weighted by molar-refractivity contribution is -0.143. The van der Waals surface area contributed by atoms with Crippen LogP contribution in [0.5, 0.6) is 5.75 Å². The fraction of sp³-hybridized carbons (Fsp3) is 0.565. The minimum atomic E-state index is -0.362. The number of fused-ring (bicyclic) bond motifs is 1. The maximum Gasteiger partial charge on any atom is 0.322 e. The van der Waals surface area contributed by atoms with Gasteiger partial charge in [-0.05, 0) is 36.1 Å². The molecule has 164 valence electrons. The van der Waals surface area contributed by atoms with Crippen LogP contribution in [0.1, 0.15) is 50.5 Å². The second kappa shape index (κ2) is 11.4. The summed E-state index contributed by atoms with van der Waals surface area (Å²) < 4.78 is 16.0. The minimum Gasteiger partial charge on any atom is -0.485 e. The number of nitrogens with one attached hydrogen (secondary N) is 1. The van der Waals surface area contributed by atoms with E-state index >= 15 is 0 Å². The Bertz CT molecular complexity index is 760. The highest BCUT2D eigenvalue weighted by Crippen LogP contribution is 2.35. The van der Waals surface area contributed by atoms with Crippen molar-refractivity contribution in [2.24, 2.45) is 5.92 Å². The average Bonchev–Trinajstić information content (AvgIpc) is 2.77. The van der Waals surface area contributed by atoms with Crippen molar-refractivity contribution in [3.05, 3.63) is 34.4 Å². The molecule has 30 heavy (non-hydrogen) atoms. The first-order chi connectivity index (χ1) is 14.6. The van der Waals surface area contributed by atoms with E-state index in [2.05, 4.69) is 5.32 Å². The zero-order valence-electron chi connectivity index (χ0n) is 17.4. The van der Waals surface area contributed by atoms with Gasteiger partial charge in [0.2, 0.25) is 0 Å². The van der Waals surface area contributed by atoms with Crippen LogP contribution in [0.3, 0.4) is 0 Å². The lowest BCUT2D eigenvalue weighted by Crippen LogP contribution is -2.42. The Morgan fingerprint density at radius 3 is 2.87 bits per heavy atom. The van der Waals surface area contributed by atoms with Crippen LogP contribution in [0.4, 0.5) is 0 Å². The number of esters is 1. The largest absolute Gasteiger partial charge is 0.485 e. The molecule has 2 aliphatic rings. The number of hydrogen-bond donors (Lipinski definition) is 1. The molecule has 1 aromatic rings. The molecule has 0 radical (unpaired) electrons. The van der Waals surface area contributed by atoms with Gasteiger partial charge in [-0.15, -0.1) is 0 Å². The highest BCUT2D eigenvalue weighted by molar-refractivity contribution is 6.32. The van der Waals surface area contributed by atoms with Gasteiger partial charge in [0.15, 0.2) is 0 Å². The number of ether oxygens (including phenoxy) is 3. The Hall–Kier alpha value is -2.05. The molecule has 0 spiro atoms. The number of methoxy groups -OCH3 is 1. The third kappa shape index (κ3) is 5.99. The van der Waals surface area contributed by atoms with Crippen molar-refractivity contribution in [1.82, 2.24) is 5.32 Å². The van der Waals surface area contributed by atoms with Gasteiger partial charge in [0.05, 0.1) is 18.7 Å². The number of benzene rings is 1. The number of rotatable bonds is 10. The van der Waals surface area contributed by atoms with Gasteiger partial charge in [0.1, 0.15) is 17.9 Å². The molecule has 3 rings (SSSR count). The van der Waals surface area contributed by atoms with Crippen LogP contribution in [0.15, 0.2) is 23.8 Å². The summed E-state index contributed by atoms with van der Waals surface area (Å²) in [6.07, 6.45) is 9.09. The molecule has 1 N–H and O–H groups in total. The molecule has 0 amide bonds. The molecule has 0 saturated heterocycles. The predicted molar refractivity (Wildman–Crippen MR) is 115 cm³/mol.